The number of aliphatic hydroxyl groups is 1. The molecule has 5 rings (SSSR count). The van der Waals surface area contributed by atoms with Crippen molar-refractivity contribution in [2.24, 2.45) is 0 Å². The lowest BCUT2D eigenvalue weighted by molar-refractivity contribution is -0.190. The van der Waals surface area contributed by atoms with E-state index in [1.165, 1.54) is 32.1 Å². The van der Waals surface area contributed by atoms with Gasteiger partial charge in [-0.15, -0.1) is 0 Å². The molecule has 2 unspecified atom stereocenters. The van der Waals surface area contributed by atoms with Gasteiger partial charge in [0.05, 0.1) is 12.1 Å². The Bertz CT molecular complexity index is 1030. The highest BCUT2D eigenvalue weighted by atomic mass is 16.7. The van der Waals surface area contributed by atoms with Crippen LogP contribution in [0.3, 0.4) is 0 Å². The number of nitrogens with one attached hydrogen (secondary N) is 2. The van der Waals surface area contributed by atoms with Gasteiger partial charge in [0.15, 0.2) is 0 Å². The average molecular weight is 480 g/mol. The molecule has 0 aromatic heterocycles. The lowest BCUT2D eigenvalue weighted by Crippen LogP contribution is -2.36. The average Bonchev–Trinajstić information content (AvgIpc) is 3.42. The fraction of sp³-hybridized carbons (Fsp3) is 0.536. The van der Waals surface area contributed by atoms with Crippen molar-refractivity contribution < 1.29 is 19.5 Å². The van der Waals surface area contributed by atoms with Crippen molar-refractivity contribution in [3.63, 3.8) is 0 Å². The van der Waals surface area contributed by atoms with Gasteiger partial charge in [0.1, 0.15) is 24.8 Å². The van der Waals surface area contributed by atoms with Gasteiger partial charge in [-0.3, -0.25) is 14.9 Å². The van der Waals surface area contributed by atoms with E-state index < -0.39 is 6.10 Å². The first-order valence-electron chi connectivity index (χ1n) is 13.1. The van der Waals surface area contributed by atoms with Crippen LogP contribution in [0.2, 0.25) is 0 Å². The second kappa shape index (κ2) is 10.7. The molecule has 0 spiro atoms. The first kappa shape index (κ1) is 24.3. The van der Waals surface area contributed by atoms with E-state index in [-0.39, 0.29) is 24.3 Å². The number of aliphatic hydroxyl groups excluding tert-OH is 1. The molecule has 1 amide bonds. The number of nitrogens with zero attached hydrogens (tertiary/aromatic N) is 1. The molecule has 7 heteroatoms. The maximum absolute atomic E-state index is 12.9. The zero-order valence-corrected chi connectivity index (χ0v) is 20.7. The summed E-state index contributed by atoms with van der Waals surface area (Å²) >= 11 is 0. The Kier molecular flexibility index (Phi) is 7.39. The maximum Gasteiger partial charge on any atom is 0.251 e. The van der Waals surface area contributed by atoms with Crippen molar-refractivity contribution in [1.82, 2.24) is 15.7 Å². The highest BCUT2D eigenvalue weighted by Crippen LogP contribution is 2.38. The third-order valence-electron chi connectivity index (χ3n) is 7.43. The maximum atomic E-state index is 12.9. The first-order valence-corrected chi connectivity index (χ1v) is 13.1. The summed E-state index contributed by atoms with van der Waals surface area (Å²) in [6, 6.07) is 13.6. The molecule has 3 N–H and O–H groups in total. The van der Waals surface area contributed by atoms with Crippen molar-refractivity contribution in [3.8, 4) is 5.75 Å². The Morgan fingerprint density at radius 1 is 1.11 bits per heavy atom. The van der Waals surface area contributed by atoms with Crippen molar-refractivity contribution in [3.05, 3.63) is 64.7 Å². The smallest absolute Gasteiger partial charge is 0.251 e. The van der Waals surface area contributed by atoms with E-state index in [1.54, 1.807) is 25.1 Å². The van der Waals surface area contributed by atoms with Crippen molar-refractivity contribution in [2.75, 3.05) is 6.61 Å². The van der Waals surface area contributed by atoms with Crippen LogP contribution in [0, 0.1) is 0 Å². The third kappa shape index (κ3) is 5.38. The zero-order chi connectivity index (χ0) is 24.4. The van der Waals surface area contributed by atoms with Crippen molar-refractivity contribution >= 4 is 5.91 Å². The molecule has 0 bridgehead atoms. The lowest BCUT2D eigenvalue weighted by Gasteiger charge is -2.32. The van der Waals surface area contributed by atoms with E-state index in [0.29, 0.717) is 18.2 Å². The fourth-order valence-corrected chi connectivity index (χ4v) is 5.50. The van der Waals surface area contributed by atoms with Gasteiger partial charge in [0.2, 0.25) is 0 Å². The second-order valence-corrected chi connectivity index (χ2v) is 10.1. The Morgan fingerprint density at radius 2 is 1.89 bits per heavy atom. The van der Waals surface area contributed by atoms with E-state index in [9.17, 15) is 9.90 Å². The summed E-state index contributed by atoms with van der Waals surface area (Å²) in [7, 11) is 0. The van der Waals surface area contributed by atoms with Crippen LogP contribution < -0.4 is 15.4 Å². The summed E-state index contributed by atoms with van der Waals surface area (Å²) in [4.78, 5) is 19.1. The van der Waals surface area contributed by atoms with Gasteiger partial charge in [-0.05, 0) is 56.0 Å². The molecule has 35 heavy (non-hydrogen) atoms. The standard InChI is InChI=1S/C28H37N3O4/c1-18(32)20-9-8-10-22(15-20)28(33)30-25-17-34-26-16-21(13-14-24(25)26)27-29-19(2)35-31(27)23-11-6-4-3-5-7-12-23/h8-10,13-16,18-19,23,25,27,29,32H,3-7,11-12,17H2,1-2H3,(H,30,33)/t18-,19?,25+,27?/m0/s1. The van der Waals surface area contributed by atoms with Gasteiger partial charge < -0.3 is 15.2 Å². The SMILES string of the molecule is CC1NC(c2ccc3c(c2)OC[C@H]3NC(=O)c2cccc([C@H](C)O)c2)N(C2CCCCCCC2)O1. The molecule has 4 atom stereocenters. The van der Waals surface area contributed by atoms with Crippen molar-refractivity contribution in [2.45, 2.75) is 89.4 Å². The van der Waals surface area contributed by atoms with Crippen LogP contribution in [-0.4, -0.2) is 35.0 Å². The highest BCUT2D eigenvalue weighted by molar-refractivity contribution is 5.94. The Morgan fingerprint density at radius 3 is 2.66 bits per heavy atom. The van der Waals surface area contributed by atoms with Crippen LogP contribution in [0.25, 0.3) is 0 Å². The lowest BCUT2D eigenvalue weighted by atomic mass is 9.95. The van der Waals surface area contributed by atoms with E-state index in [0.717, 1.165) is 35.3 Å². The number of carbonyl (C=O) groups excluding carboxylic acids is 1. The number of hydrogen-bond acceptors (Lipinski definition) is 6. The van der Waals surface area contributed by atoms with Crippen molar-refractivity contribution in [1.29, 1.82) is 0 Å². The highest BCUT2D eigenvalue weighted by Gasteiger charge is 2.37. The summed E-state index contributed by atoms with van der Waals surface area (Å²) in [5.74, 6) is 0.637. The predicted octanol–water partition coefficient (Wildman–Crippen LogP) is 4.90. The topological polar surface area (TPSA) is 83.1 Å². The largest absolute Gasteiger partial charge is 0.491 e. The fourth-order valence-electron chi connectivity index (χ4n) is 5.50. The summed E-state index contributed by atoms with van der Waals surface area (Å²) in [6.07, 6.45) is 8.12. The summed E-state index contributed by atoms with van der Waals surface area (Å²) in [5, 5.41) is 18.7. The van der Waals surface area contributed by atoms with Crippen LogP contribution in [0.15, 0.2) is 42.5 Å². The molecule has 188 valence electrons. The molecule has 2 aromatic rings. The number of hydrogen-bond donors (Lipinski definition) is 3. The minimum Gasteiger partial charge on any atom is -0.491 e. The number of rotatable bonds is 5. The molecule has 1 saturated heterocycles. The van der Waals surface area contributed by atoms with Gasteiger partial charge in [-0.2, -0.15) is 5.06 Å². The predicted molar refractivity (Wildman–Crippen MR) is 134 cm³/mol. The summed E-state index contributed by atoms with van der Waals surface area (Å²) in [5.41, 5.74) is 3.36. The molecular weight excluding hydrogens is 442 g/mol. The third-order valence-corrected chi connectivity index (χ3v) is 7.43. The monoisotopic (exact) mass is 479 g/mol. The normalized spacial score (nSPS) is 26.4. The van der Waals surface area contributed by atoms with Crippen LogP contribution in [0.4, 0.5) is 0 Å². The molecule has 3 aliphatic rings. The molecular formula is C28H37N3O4. The van der Waals surface area contributed by atoms with Gasteiger partial charge in [-0.1, -0.05) is 56.4 Å². The van der Waals surface area contributed by atoms with Crippen LogP contribution in [0.1, 0.15) is 104 Å². The summed E-state index contributed by atoms with van der Waals surface area (Å²) in [6.45, 7) is 4.15. The molecule has 7 nitrogen and oxygen atoms in total. The van der Waals surface area contributed by atoms with E-state index in [2.05, 4.69) is 40.8 Å². The molecule has 1 saturated carbocycles. The number of fused-ring (bicyclic) bond motifs is 1. The molecule has 2 fully saturated rings. The molecule has 2 aromatic carbocycles. The Labute approximate surface area is 207 Å². The number of benzene rings is 2. The minimum atomic E-state index is -0.616. The number of amides is 1. The number of hydroxylamine groups is 2. The van der Waals surface area contributed by atoms with Crippen LogP contribution >= 0.6 is 0 Å². The minimum absolute atomic E-state index is 0.0137. The molecule has 2 aliphatic heterocycles. The van der Waals surface area contributed by atoms with Crippen LogP contribution in [0.5, 0.6) is 5.75 Å². The van der Waals surface area contributed by atoms with Gasteiger partial charge >= 0.3 is 0 Å². The van der Waals surface area contributed by atoms with Gasteiger partial charge in [0, 0.05) is 17.2 Å². The second-order valence-electron chi connectivity index (χ2n) is 10.1. The molecule has 0 radical (unpaired) electrons. The number of ether oxygens (including phenoxy) is 1. The number of carbonyl (C=O) groups is 1. The summed E-state index contributed by atoms with van der Waals surface area (Å²) < 4.78 is 6.01. The Balaban J connectivity index is 1.30. The first-order chi connectivity index (χ1) is 17.0. The quantitative estimate of drug-likeness (QED) is 0.566. The van der Waals surface area contributed by atoms with Crippen LogP contribution in [-0.2, 0) is 4.84 Å². The molecule has 1 aliphatic carbocycles. The van der Waals surface area contributed by atoms with E-state index in [4.69, 9.17) is 9.57 Å². The van der Waals surface area contributed by atoms with E-state index in [1.807, 2.05) is 6.07 Å². The van der Waals surface area contributed by atoms with Gasteiger partial charge in [-0.25, -0.2) is 0 Å². The zero-order valence-electron chi connectivity index (χ0n) is 20.7. The van der Waals surface area contributed by atoms with E-state index >= 15 is 0 Å². The van der Waals surface area contributed by atoms with Gasteiger partial charge in [0.25, 0.3) is 5.91 Å². The Hall–Kier alpha value is -2.45. The molecule has 2 heterocycles.